The number of halogens is 1. The zero-order valence-corrected chi connectivity index (χ0v) is 15.7. The average molecular weight is 392 g/mol. The van der Waals surface area contributed by atoms with E-state index in [1.807, 2.05) is 50.2 Å². The summed E-state index contributed by atoms with van der Waals surface area (Å²) in [6.45, 7) is 4.83. The summed E-state index contributed by atoms with van der Waals surface area (Å²) in [5.74, 6) is 0.410. The Morgan fingerprint density at radius 2 is 1.88 bits per heavy atom. The van der Waals surface area contributed by atoms with Gasteiger partial charge in [0, 0.05) is 18.1 Å². The molecule has 0 saturated heterocycles. The van der Waals surface area contributed by atoms with Crippen LogP contribution in [-0.4, -0.2) is 19.1 Å². The van der Waals surface area contributed by atoms with Crippen molar-refractivity contribution in [2.24, 2.45) is 0 Å². The Hall–Kier alpha value is -1.85. The molecule has 0 saturated carbocycles. The van der Waals surface area contributed by atoms with Gasteiger partial charge in [0.05, 0.1) is 18.3 Å². The number of carbonyl (C=O) groups is 1. The molecular weight excluding hydrogens is 370 g/mol. The fourth-order valence-corrected chi connectivity index (χ4v) is 2.67. The summed E-state index contributed by atoms with van der Waals surface area (Å²) in [5.41, 5.74) is 2.63. The van der Waals surface area contributed by atoms with Gasteiger partial charge in [0.1, 0.15) is 5.75 Å². The molecule has 0 fully saturated rings. The van der Waals surface area contributed by atoms with E-state index in [9.17, 15) is 4.79 Å². The van der Waals surface area contributed by atoms with Crippen LogP contribution in [0.2, 0.25) is 0 Å². The Labute approximate surface area is 151 Å². The molecule has 0 aliphatic rings. The maximum Gasteiger partial charge on any atom is 0.255 e. The third kappa shape index (κ3) is 5.08. The molecule has 0 radical (unpaired) electrons. The van der Waals surface area contributed by atoms with Gasteiger partial charge in [-0.2, -0.15) is 0 Å². The van der Waals surface area contributed by atoms with Crippen LogP contribution >= 0.6 is 15.9 Å². The SMILES string of the molecule is COCc1ccccc1CNC(=O)c1ccc(Br)cc1OC(C)C. The van der Waals surface area contributed by atoms with Gasteiger partial charge in [-0.25, -0.2) is 0 Å². The lowest BCUT2D eigenvalue weighted by Crippen LogP contribution is -2.24. The third-order valence-corrected chi connectivity index (χ3v) is 3.90. The van der Waals surface area contributed by atoms with Crippen LogP contribution in [0.4, 0.5) is 0 Å². The summed E-state index contributed by atoms with van der Waals surface area (Å²) < 4.78 is 11.8. The number of benzene rings is 2. The standard InChI is InChI=1S/C19H22BrNO3/c1-13(2)24-18-10-16(20)8-9-17(18)19(22)21-11-14-6-4-5-7-15(14)12-23-3/h4-10,13H,11-12H2,1-3H3,(H,21,22). The highest BCUT2D eigenvalue weighted by atomic mass is 79.9. The van der Waals surface area contributed by atoms with Gasteiger partial charge in [0.25, 0.3) is 5.91 Å². The summed E-state index contributed by atoms with van der Waals surface area (Å²) in [6.07, 6.45) is -0.00622. The van der Waals surface area contributed by atoms with Gasteiger partial charge in [-0.1, -0.05) is 40.2 Å². The predicted octanol–water partition coefficient (Wildman–Crippen LogP) is 4.31. The maximum absolute atomic E-state index is 12.6. The number of ether oxygens (including phenoxy) is 2. The molecule has 24 heavy (non-hydrogen) atoms. The van der Waals surface area contributed by atoms with Crippen molar-refractivity contribution in [2.75, 3.05) is 7.11 Å². The minimum atomic E-state index is -0.162. The molecule has 0 heterocycles. The summed E-state index contributed by atoms with van der Waals surface area (Å²) >= 11 is 3.41. The van der Waals surface area contributed by atoms with Gasteiger partial charge in [0.2, 0.25) is 0 Å². The van der Waals surface area contributed by atoms with Crippen LogP contribution in [0.5, 0.6) is 5.75 Å². The van der Waals surface area contributed by atoms with Crippen LogP contribution in [0, 0.1) is 0 Å². The van der Waals surface area contributed by atoms with Crippen molar-refractivity contribution in [3.8, 4) is 5.75 Å². The van der Waals surface area contributed by atoms with Gasteiger partial charge in [0.15, 0.2) is 0 Å². The molecule has 1 N–H and O–H groups in total. The van der Waals surface area contributed by atoms with Crippen LogP contribution in [-0.2, 0) is 17.9 Å². The van der Waals surface area contributed by atoms with Crippen LogP contribution in [0.1, 0.15) is 35.3 Å². The lowest BCUT2D eigenvalue weighted by atomic mass is 10.1. The first kappa shape index (κ1) is 18.5. The lowest BCUT2D eigenvalue weighted by molar-refractivity contribution is 0.0944. The summed E-state index contributed by atoms with van der Waals surface area (Å²) in [7, 11) is 1.66. The molecule has 0 aliphatic heterocycles. The first-order valence-electron chi connectivity index (χ1n) is 7.81. The Morgan fingerprint density at radius 3 is 2.54 bits per heavy atom. The van der Waals surface area contributed by atoms with Gasteiger partial charge in [-0.15, -0.1) is 0 Å². The molecule has 0 bridgehead atoms. The Bertz CT molecular complexity index is 701. The molecule has 5 heteroatoms. The second-order valence-corrected chi connectivity index (χ2v) is 6.61. The summed E-state index contributed by atoms with van der Waals surface area (Å²) in [4.78, 5) is 12.6. The first-order valence-corrected chi connectivity index (χ1v) is 8.60. The molecule has 0 spiro atoms. The van der Waals surface area contributed by atoms with Crippen LogP contribution < -0.4 is 10.1 Å². The van der Waals surface area contributed by atoms with Crippen LogP contribution in [0.3, 0.4) is 0 Å². The van der Waals surface area contributed by atoms with E-state index in [0.717, 1.165) is 15.6 Å². The highest BCUT2D eigenvalue weighted by Gasteiger charge is 2.14. The fraction of sp³-hybridized carbons (Fsp3) is 0.316. The lowest BCUT2D eigenvalue weighted by Gasteiger charge is -2.15. The van der Waals surface area contributed by atoms with Crippen molar-refractivity contribution in [2.45, 2.75) is 33.1 Å². The molecule has 1 amide bonds. The second-order valence-electron chi connectivity index (χ2n) is 5.69. The van der Waals surface area contributed by atoms with E-state index in [1.165, 1.54) is 0 Å². The van der Waals surface area contributed by atoms with E-state index in [4.69, 9.17) is 9.47 Å². The number of carbonyl (C=O) groups excluding carboxylic acids is 1. The molecule has 0 aliphatic carbocycles. The number of nitrogens with one attached hydrogen (secondary N) is 1. The van der Waals surface area contributed by atoms with Crippen molar-refractivity contribution in [3.63, 3.8) is 0 Å². The fourth-order valence-electron chi connectivity index (χ4n) is 2.33. The number of hydrogen-bond acceptors (Lipinski definition) is 3. The zero-order chi connectivity index (χ0) is 17.5. The predicted molar refractivity (Wildman–Crippen MR) is 98.2 cm³/mol. The van der Waals surface area contributed by atoms with Gasteiger partial charge >= 0.3 is 0 Å². The number of amides is 1. The number of hydrogen-bond donors (Lipinski definition) is 1. The van der Waals surface area contributed by atoms with Crippen molar-refractivity contribution in [1.29, 1.82) is 0 Å². The molecule has 2 aromatic carbocycles. The number of rotatable bonds is 7. The van der Waals surface area contributed by atoms with Gasteiger partial charge < -0.3 is 14.8 Å². The van der Waals surface area contributed by atoms with Gasteiger partial charge in [-0.05, 0) is 43.2 Å². The van der Waals surface area contributed by atoms with E-state index in [0.29, 0.717) is 24.5 Å². The van der Waals surface area contributed by atoms with Crippen molar-refractivity contribution < 1.29 is 14.3 Å². The van der Waals surface area contributed by atoms with E-state index >= 15 is 0 Å². The first-order chi connectivity index (χ1) is 11.5. The van der Waals surface area contributed by atoms with E-state index < -0.39 is 0 Å². The highest BCUT2D eigenvalue weighted by Crippen LogP contribution is 2.25. The Kier molecular flexibility index (Phi) is 6.82. The molecule has 4 nitrogen and oxygen atoms in total. The smallest absolute Gasteiger partial charge is 0.255 e. The number of methoxy groups -OCH3 is 1. The normalized spacial score (nSPS) is 10.7. The quantitative estimate of drug-likeness (QED) is 0.764. The largest absolute Gasteiger partial charge is 0.490 e. The van der Waals surface area contributed by atoms with E-state index in [1.54, 1.807) is 13.2 Å². The molecule has 0 atom stereocenters. The molecule has 0 aromatic heterocycles. The van der Waals surface area contributed by atoms with E-state index in [2.05, 4.69) is 21.2 Å². The van der Waals surface area contributed by atoms with Crippen LogP contribution in [0.15, 0.2) is 46.9 Å². The maximum atomic E-state index is 12.6. The summed E-state index contributed by atoms with van der Waals surface area (Å²) in [6, 6.07) is 13.3. The topological polar surface area (TPSA) is 47.6 Å². The van der Waals surface area contributed by atoms with Crippen molar-refractivity contribution >= 4 is 21.8 Å². The summed E-state index contributed by atoms with van der Waals surface area (Å²) in [5, 5.41) is 2.96. The molecule has 2 rings (SSSR count). The molecular formula is C19H22BrNO3. The molecule has 0 unspecified atom stereocenters. The minimum absolute atomic E-state index is 0.00622. The monoisotopic (exact) mass is 391 g/mol. The second kappa shape index (κ2) is 8.85. The van der Waals surface area contributed by atoms with Crippen molar-refractivity contribution in [1.82, 2.24) is 5.32 Å². The van der Waals surface area contributed by atoms with E-state index in [-0.39, 0.29) is 12.0 Å². The third-order valence-electron chi connectivity index (χ3n) is 3.41. The Morgan fingerprint density at radius 1 is 1.17 bits per heavy atom. The zero-order valence-electron chi connectivity index (χ0n) is 14.1. The average Bonchev–Trinajstić information content (AvgIpc) is 2.53. The molecule has 2 aromatic rings. The Balaban J connectivity index is 2.13. The van der Waals surface area contributed by atoms with Gasteiger partial charge in [-0.3, -0.25) is 4.79 Å². The van der Waals surface area contributed by atoms with Crippen molar-refractivity contribution in [3.05, 3.63) is 63.6 Å². The minimum Gasteiger partial charge on any atom is -0.490 e. The van der Waals surface area contributed by atoms with Crippen LogP contribution in [0.25, 0.3) is 0 Å². The molecule has 128 valence electrons. The highest BCUT2D eigenvalue weighted by molar-refractivity contribution is 9.10.